The van der Waals surface area contributed by atoms with Crippen LogP contribution in [-0.4, -0.2) is 38.1 Å². The smallest absolute Gasteiger partial charge is 0.211 e. The minimum Gasteiger partial charge on any atom is -0.326 e. The van der Waals surface area contributed by atoms with Crippen molar-refractivity contribution in [3.05, 3.63) is 0 Å². The van der Waals surface area contributed by atoms with Crippen molar-refractivity contribution in [3.8, 4) is 0 Å². The maximum atomic E-state index is 11.1. The van der Waals surface area contributed by atoms with E-state index in [0.29, 0.717) is 19.0 Å². The molecular formula is C7H16N2O2S. The number of sulfonamides is 1. The van der Waals surface area contributed by atoms with Gasteiger partial charge in [-0.25, -0.2) is 12.7 Å². The summed E-state index contributed by atoms with van der Waals surface area (Å²) in [5.74, 6) is 0.378. The number of nitrogens with zero attached hydrogens (tertiary/aromatic N) is 1. The van der Waals surface area contributed by atoms with E-state index in [9.17, 15) is 8.42 Å². The lowest BCUT2D eigenvalue weighted by atomic mass is 9.99. The van der Waals surface area contributed by atoms with E-state index < -0.39 is 10.0 Å². The highest BCUT2D eigenvalue weighted by atomic mass is 32.2. The second-order valence-corrected chi connectivity index (χ2v) is 5.66. The lowest BCUT2D eigenvalue weighted by Crippen LogP contribution is -2.48. The molecule has 2 N–H and O–H groups in total. The molecular weight excluding hydrogens is 176 g/mol. The molecule has 1 aliphatic rings. The normalized spacial score (nSPS) is 33.6. The standard InChI is InChI=1S/C7H16N2O2S/c1-6-3-7(8)5-9(4-6)12(2,10)11/h6-7H,3-5,8H2,1-2H3. The minimum atomic E-state index is -3.04. The summed E-state index contributed by atoms with van der Waals surface area (Å²) in [7, 11) is -3.04. The zero-order chi connectivity index (χ0) is 9.35. The van der Waals surface area contributed by atoms with Crippen LogP contribution in [0, 0.1) is 5.92 Å². The van der Waals surface area contributed by atoms with Crippen molar-refractivity contribution in [2.45, 2.75) is 19.4 Å². The van der Waals surface area contributed by atoms with Gasteiger partial charge in [0, 0.05) is 19.1 Å². The Balaban J connectivity index is 2.68. The Bertz CT molecular complexity index is 240. The topological polar surface area (TPSA) is 63.4 Å². The van der Waals surface area contributed by atoms with Gasteiger partial charge in [0.15, 0.2) is 0 Å². The van der Waals surface area contributed by atoms with Crippen LogP contribution in [0.25, 0.3) is 0 Å². The Labute approximate surface area is 73.8 Å². The second-order valence-electron chi connectivity index (χ2n) is 3.68. The van der Waals surface area contributed by atoms with Gasteiger partial charge in [-0.1, -0.05) is 6.92 Å². The summed E-state index contributed by atoms with van der Waals surface area (Å²) in [5.41, 5.74) is 5.71. The van der Waals surface area contributed by atoms with Crippen molar-refractivity contribution in [2.75, 3.05) is 19.3 Å². The Morgan fingerprint density at radius 1 is 1.42 bits per heavy atom. The van der Waals surface area contributed by atoms with Gasteiger partial charge < -0.3 is 5.73 Å². The first-order valence-corrected chi connectivity index (χ1v) is 5.95. The van der Waals surface area contributed by atoms with Crippen LogP contribution >= 0.6 is 0 Å². The first-order valence-electron chi connectivity index (χ1n) is 4.10. The van der Waals surface area contributed by atoms with Crippen molar-refractivity contribution < 1.29 is 8.42 Å². The molecule has 2 atom stereocenters. The molecule has 0 aromatic carbocycles. The fourth-order valence-electron chi connectivity index (χ4n) is 1.62. The van der Waals surface area contributed by atoms with Crippen molar-refractivity contribution in [2.24, 2.45) is 11.7 Å². The van der Waals surface area contributed by atoms with E-state index in [1.807, 2.05) is 6.92 Å². The first-order chi connectivity index (χ1) is 5.39. The average Bonchev–Trinajstić information content (AvgIpc) is 1.82. The summed E-state index contributed by atoms with van der Waals surface area (Å²) in [6, 6.07) is 0.00322. The monoisotopic (exact) mass is 192 g/mol. The lowest BCUT2D eigenvalue weighted by molar-refractivity contribution is 0.256. The molecule has 0 spiro atoms. The number of piperidine rings is 1. The lowest BCUT2D eigenvalue weighted by Gasteiger charge is -2.32. The summed E-state index contributed by atoms with van der Waals surface area (Å²) in [6.07, 6.45) is 2.16. The number of nitrogens with two attached hydrogens (primary N) is 1. The molecule has 0 aliphatic carbocycles. The molecule has 0 aromatic rings. The number of hydrogen-bond donors (Lipinski definition) is 1. The van der Waals surface area contributed by atoms with Crippen LogP contribution in [-0.2, 0) is 10.0 Å². The third kappa shape index (κ3) is 2.43. The van der Waals surface area contributed by atoms with Gasteiger partial charge >= 0.3 is 0 Å². The van der Waals surface area contributed by atoms with Gasteiger partial charge in [-0.15, -0.1) is 0 Å². The maximum absolute atomic E-state index is 11.1. The van der Waals surface area contributed by atoms with Gasteiger partial charge in [0.2, 0.25) is 10.0 Å². The molecule has 2 unspecified atom stereocenters. The van der Waals surface area contributed by atoms with E-state index in [-0.39, 0.29) is 6.04 Å². The number of rotatable bonds is 1. The molecule has 5 heteroatoms. The second kappa shape index (κ2) is 3.32. The predicted molar refractivity (Wildman–Crippen MR) is 48.2 cm³/mol. The molecule has 12 heavy (non-hydrogen) atoms. The van der Waals surface area contributed by atoms with Crippen LogP contribution in [0.5, 0.6) is 0 Å². The molecule has 1 heterocycles. The van der Waals surface area contributed by atoms with Crippen molar-refractivity contribution in [1.82, 2.24) is 4.31 Å². The van der Waals surface area contributed by atoms with Gasteiger partial charge in [-0.3, -0.25) is 0 Å². The highest BCUT2D eigenvalue weighted by molar-refractivity contribution is 7.88. The van der Waals surface area contributed by atoms with Crippen LogP contribution in [0.15, 0.2) is 0 Å². The Morgan fingerprint density at radius 3 is 2.42 bits per heavy atom. The molecule has 0 radical (unpaired) electrons. The van der Waals surface area contributed by atoms with Crippen LogP contribution in [0.4, 0.5) is 0 Å². The highest BCUT2D eigenvalue weighted by Gasteiger charge is 2.27. The van der Waals surface area contributed by atoms with E-state index in [1.54, 1.807) is 0 Å². The van der Waals surface area contributed by atoms with E-state index in [2.05, 4.69) is 0 Å². The van der Waals surface area contributed by atoms with E-state index in [0.717, 1.165) is 6.42 Å². The molecule has 0 aromatic heterocycles. The van der Waals surface area contributed by atoms with E-state index >= 15 is 0 Å². The summed E-state index contributed by atoms with van der Waals surface area (Å²) in [5, 5.41) is 0. The van der Waals surface area contributed by atoms with Crippen LogP contribution in [0.1, 0.15) is 13.3 Å². The van der Waals surface area contributed by atoms with Gasteiger partial charge in [0.05, 0.1) is 6.26 Å². The zero-order valence-corrected chi connectivity index (χ0v) is 8.34. The fraction of sp³-hybridized carbons (Fsp3) is 1.00. The minimum absolute atomic E-state index is 0.00322. The Hall–Kier alpha value is -0.130. The molecule has 1 aliphatic heterocycles. The number of hydrogen-bond acceptors (Lipinski definition) is 3. The van der Waals surface area contributed by atoms with Crippen molar-refractivity contribution in [3.63, 3.8) is 0 Å². The third-order valence-electron chi connectivity index (χ3n) is 2.13. The summed E-state index contributed by atoms with van der Waals surface area (Å²) < 4.78 is 23.8. The molecule has 72 valence electrons. The summed E-state index contributed by atoms with van der Waals surface area (Å²) in [4.78, 5) is 0. The van der Waals surface area contributed by atoms with E-state index in [4.69, 9.17) is 5.73 Å². The van der Waals surface area contributed by atoms with Gasteiger partial charge in [0.1, 0.15) is 0 Å². The molecule has 1 saturated heterocycles. The van der Waals surface area contributed by atoms with Gasteiger partial charge in [0.25, 0.3) is 0 Å². The highest BCUT2D eigenvalue weighted by Crippen LogP contribution is 2.16. The largest absolute Gasteiger partial charge is 0.326 e. The molecule has 0 bridgehead atoms. The SMILES string of the molecule is CC1CC(N)CN(S(C)(=O)=O)C1. The van der Waals surface area contributed by atoms with Gasteiger partial charge in [-0.2, -0.15) is 0 Å². The van der Waals surface area contributed by atoms with Crippen LogP contribution in [0.2, 0.25) is 0 Å². The fourth-order valence-corrected chi connectivity index (χ4v) is 2.61. The molecule has 0 amide bonds. The Kier molecular flexibility index (Phi) is 2.75. The average molecular weight is 192 g/mol. The molecule has 1 fully saturated rings. The summed E-state index contributed by atoms with van der Waals surface area (Å²) in [6.45, 7) is 3.12. The third-order valence-corrected chi connectivity index (χ3v) is 3.36. The van der Waals surface area contributed by atoms with Gasteiger partial charge in [-0.05, 0) is 12.3 Å². The Morgan fingerprint density at radius 2 is 2.00 bits per heavy atom. The predicted octanol–water partition coefficient (Wildman–Crippen LogP) is -0.385. The molecule has 1 rings (SSSR count). The maximum Gasteiger partial charge on any atom is 0.211 e. The molecule has 4 nitrogen and oxygen atoms in total. The van der Waals surface area contributed by atoms with E-state index in [1.165, 1.54) is 10.6 Å². The van der Waals surface area contributed by atoms with Crippen molar-refractivity contribution >= 4 is 10.0 Å². The van der Waals surface area contributed by atoms with Crippen LogP contribution < -0.4 is 5.73 Å². The summed E-state index contributed by atoms with van der Waals surface area (Å²) >= 11 is 0. The molecule has 0 saturated carbocycles. The van der Waals surface area contributed by atoms with Crippen LogP contribution in [0.3, 0.4) is 0 Å². The van der Waals surface area contributed by atoms with Crippen molar-refractivity contribution in [1.29, 1.82) is 0 Å². The zero-order valence-electron chi connectivity index (χ0n) is 7.53. The quantitative estimate of drug-likeness (QED) is 0.615. The first kappa shape index (κ1) is 9.95.